The molecule has 9 nitrogen and oxygen atoms in total. The zero-order chi connectivity index (χ0) is 25.3. The topological polar surface area (TPSA) is 106 Å². The third-order valence-electron chi connectivity index (χ3n) is 4.52. The molecule has 0 aliphatic rings. The Labute approximate surface area is 223 Å². The number of carbonyl (C=O) groups is 1. The lowest BCUT2D eigenvalue weighted by atomic mass is 10.1. The Bertz CT molecular complexity index is 1130. The highest BCUT2D eigenvalue weighted by Crippen LogP contribution is 2.30. The average Bonchev–Trinajstić information content (AvgIpc) is 2.83. The van der Waals surface area contributed by atoms with Crippen LogP contribution in [0.4, 0.5) is 0 Å². The predicted molar refractivity (Wildman–Crippen MR) is 143 cm³/mol. The minimum absolute atomic E-state index is 0.0246. The number of halogens is 2. The van der Waals surface area contributed by atoms with Gasteiger partial charge in [-0.3, -0.25) is 4.79 Å². The molecule has 2 N–H and O–H groups in total. The van der Waals surface area contributed by atoms with Crippen LogP contribution >= 0.6 is 46.7 Å². The van der Waals surface area contributed by atoms with Gasteiger partial charge in [-0.1, -0.05) is 17.7 Å². The van der Waals surface area contributed by atoms with Crippen molar-refractivity contribution in [1.82, 2.24) is 13.2 Å². The molecule has 0 aliphatic heterocycles. The van der Waals surface area contributed by atoms with Gasteiger partial charge >= 0.3 is 0 Å². The largest absolute Gasteiger partial charge is 0.496 e. The molecule has 186 valence electrons. The minimum atomic E-state index is -4.01. The quantitative estimate of drug-likeness (QED) is 0.167. The molecule has 0 fully saturated rings. The van der Waals surface area contributed by atoms with Crippen LogP contribution in [-0.4, -0.2) is 63.0 Å². The molecule has 34 heavy (non-hydrogen) atoms. The van der Waals surface area contributed by atoms with E-state index in [4.69, 9.17) is 38.0 Å². The Morgan fingerprint density at radius 1 is 1.15 bits per heavy atom. The number of rotatable bonds is 11. The molecule has 2 aromatic carbocycles. The fourth-order valence-corrected chi connectivity index (χ4v) is 5.33. The highest BCUT2D eigenvalue weighted by atomic mass is 127. The number of carbonyl (C=O) groups excluding carboxylic acids is 1. The number of thiocarbonyl (C=S) groups is 1. The molecular weight excluding hydrogens is 617 g/mol. The number of amides is 1. The van der Waals surface area contributed by atoms with E-state index in [1.165, 1.54) is 33.4 Å². The Kier molecular flexibility index (Phi) is 11.1. The van der Waals surface area contributed by atoms with Gasteiger partial charge in [0.05, 0.1) is 42.1 Å². The van der Waals surface area contributed by atoms with Crippen molar-refractivity contribution in [3.05, 3.63) is 52.5 Å². The van der Waals surface area contributed by atoms with Crippen LogP contribution in [0.15, 0.2) is 41.3 Å². The summed E-state index contributed by atoms with van der Waals surface area (Å²) in [5.74, 6) is 0.217. The van der Waals surface area contributed by atoms with E-state index in [2.05, 4.69) is 10.6 Å². The number of nitrogens with zero attached hydrogens (tertiary/aromatic N) is 1. The zero-order valence-corrected chi connectivity index (χ0v) is 23.3. The van der Waals surface area contributed by atoms with Crippen LogP contribution in [0, 0.1) is 0 Å². The molecule has 0 radical (unpaired) electrons. The number of benzene rings is 2. The first-order valence-corrected chi connectivity index (χ1v) is 13.1. The van der Waals surface area contributed by atoms with E-state index >= 15 is 0 Å². The van der Waals surface area contributed by atoms with Crippen molar-refractivity contribution in [2.45, 2.75) is 11.3 Å². The monoisotopic (exact) mass is 641 g/mol. The summed E-state index contributed by atoms with van der Waals surface area (Å²) in [6, 6.07) is 9.58. The number of hydrogen-bond donors (Lipinski definition) is 2. The summed E-state index contributed by atoms with van der Waals surface area (Å²) in [5.41, 5.74) is 0.984. The standard InChI is InChI=1S/C21H25ClIN3O6S2/c1-24-21(33)26(23)34(28,29)19-12-14(4-6-18(19)32-11-10-30-2)8-9-25-20(27)16-13-15(22)5-7-17(16)31-3/h4-7,12-13H,8-11H2,1-3H3,(H,24,33)(H,25,27). The van der Waals surface area contributed by atoms with Crippen LogP contribution in [0.5, 0.6) is 11.5 Å². The number of sulfonamides is 1. The Morgan fingerprint density at radius 3 is 2.50 bits per heavy atom. The Morgan fingerprint density at radius 2 is 1.85 bits per heavy atom. The van der Waals surface area contributed by atoms with Gasteiger partial charge in [-0.25, -0.2) is 8.42 Å². The molecule has 0 bridgehead atoms. The van der Waals surface area contributed by atoms with Gasteiger partial charge in [-0.15, -0.1) is 0 Å². The van der Waals surface area contributed by atoms with Crippen molar-refractivity contribution >= 4 is 67.7 Å². The number of methoxy groups -OCH3 is 2. The number of nitrogens with one attached hydrogen (secondary N) is 2. The van der Waals surface area contributed by atoms with Crippen molar-refractivity contribution in [1.29, 1.82) is 0 Å². The molecule has 0 saturated heterocycles. The van der Waals surface area contributed by atoms with Crippen LogP contribution in [0.2, 0.25) is 5.02 Å². The predicted octanol–water partition coefficient (Wildman–Crippen LogP) is 3.19. The van der Waals surface area contributed by atoms with Gasteiger partial charge in [0.2, 0.25) is 0 Å². The average molecular weight is 642 g/mol. The summed E-state index contributed by atoms with van der Waals surface area (Å²) in [6.07, 6.45) is 0.368. The van der Waals surface area contributed by atoms with E-state index in [9.17, 15) is 13.2 Å². The molecule has 2 rings (SSSR count). The Hall–Kier alpha value is -1.87. The first-order chi connectivity index (χ1) is 16.1. The van der Waals surface area contributed by atoms with Gasteiger partial charge in [0.25, 0.3) is 15.9 Å². The van der Waals surface area contributed by atoms with E-state index in [1.54, 1.807) is 47.1 Å². The smallest absolute Gasteiger partial charge is 0.278 e. The second kappa shape index (κ2) is 13.3. The lowest BCUT2D eigenvalue weighted by molar-refractivity contribution is 0.0951. The van der Waals surface area contributed by atoms with Crippen LogP contribution in [0.1, 0.15) is 15.9 Å². The molecule has 0 unspecified atom stereocenters. The SMILES string of the molecule is CNC(=S)N(I)S(=O)(=O)c1cc(CCNC(=O)c2cc(Cl)ccc2OC)ccc1OCCOC. The van der Waals surface area contributed by atoms with Crippen LogP contribution in [0.3, 0.4) is 0 Å². The molecule has 0 spiro atoms. The number of hydrogen-bond acceptors (Lipinski definition) is 7. The molecule has 0 aliphatic carbocycles. The fourth-order valence-electron chi connectivity index (χ4n) is 2.82. The molecule has 0 aromatic heterocycles. The maximum atomic E-state index is 13.2. The van der Waals surface area contributed by atoms with E-state index in [0.717, 1.165) is 2.52 Å². The lowest BCUT2D eigenvalue weighted by Gasteiger charge is -2.20. The number of ether oxygens (including phenoxy) is 3. The molecule has 0 saturated carbocycles. The van der Waals surface area contributed by atoms with Crippen molar-refractivity contribution in [2.75, 3.05) is 41.0 Å². The minimum Gasteiger partial charge on any atom is -0.496 e. The third kappa shape index (κ3) is 7.31. The molecule has 0 atom stereocenters. The normalized spacial score (nSPS) is 11.0. The molecule has 1 amide bonds. The third-order valence-corrected chi connectivity index (χ3v) is 9.10. The molecular formula is C21H25ClIN3O6S2. The first kappa shape index (κ1) is 28.4. The molecule has 13 heteroatoms. The van der Waals surface area contributed by atoms with Gasteiger partial charge < -0.3 is 24.8 Å². The van der Waals surface area contributed by atoms with Crippen molar-refractivity contribution in [3.63, 3.8) is 0 Å². The second-order valence-electron chi connectivity index (χ2n) is 6.75. The first-order valence-electron chi connectivity index (χ1n) is 9.95. The maximum absolute atomic E-state index is 13.2. The summed E-state index contributed by atoms with van der Waals surface area (Å²) in [4.78, 5) is 12.5. The summed E-state index contributed by atoms with van der Waals surface area (Å²) >= 11 is 12.7. The summed E-state index contributed by atoms with van der Waals surface area (Å²) in [7, 11) is 0.518. The van der Waals surface area contributed by atoms with Gasteiger partial charge in [0.15, 0.2) is 5.11 Å². The van der Waals surface area contributed by atoms with Crippen molar-refractivity contribution in [3.8, 4) is 11.5 Å². The maximum Gasteiger partial charge on any atom is 0.278 e. The Balaban J connectivity index is 2.23. The lowest BCUT2D eigenvalue weighted by Crippen LogP contribution is -2.35. The summed E-state index contributed by atoms with van der Waals surface area (Å²) in [5, 5.41) is 5.88. The van der Waals surface area contributed by atoms with E-state index < -0.39 is 10.0 Å². The zero-order valence-electron chi connectivity index (χ0n) is 18.8. The highest BCUT2D eigenvalue weighted by molar-refractivity contribution is 14.1. The highest BCUT2D eigenvalue weighted by Gasteiger charge is 2.28. The summed E-state index contributed by atoms with van der Waals surface area (Å²) in [6.45, 7) is 0.720. The van der Waals surface area contributed by atoms with E-state index in [0.29, 0.717) is 34.9 Å². The van der Waals surface area contributed by atoms with Crippen LogP contribution in [0.25, 0.3) is 0 Å². The van der Waals surface area contributed by atoms with Crippen LogP contribution < -0.4 is 20.1 Å². The molecule has 2 aromatic rings. The van der Waals surface area contributed by atoms with Crippen molar-refractivity contribution in [2.24, 2.45) is 0 Å². The second-order valence-corrected chi connectivity index (χ2v) is 10.9. The van der Waals surface area contributed by atoms with Gasteiger partial charge in [0, 0.05) is 25.7 Å². The van der Waals surface area contributed by atoms with Gasteiger partial charge in [-0.05, 0) is 54.5 Å². The molecule has 0 heterocycles. The van der Waals surface area contributed by atoms with E-state index in [-0.39, 0.29) is 34.8 Å². The van der Waals surface area contributed by atoms with Crippen molar-refractivity contribution < 1.29 is 27.4 Å². The summed E-state index contributed by atoms with van der Waals surface area (Å²) < 4.78 is 43.1. The van der Waals surface area contributed by atoms with Crippen LogP contribution in [-0.2, 0) is 21.2 Å². The van der Waals surface area contributed by atoms with Gasteiger partial charge in [0.1, 0.15) is 23.0 Å². The van der Waals surface area contributed by atoms with Gasteiger partial charge in [-0.2, -0.15) is 2.52 Å². The van der Waals surface area contributed by atoms with E-state index in [1.807, 2.05) is 0 Å². The fraction of sp³-hybridized carbons (Fsp3) is 0.333.